The Balaban J connectivity index is 1.76. The minimum atomic E-state index is 0.698. The van der Waals surface area contributed by atoms with Gasteiger partial charge in [0.1, 0.15) is 0 Å². The molecular formula is C15H17N3S. The van der Waals surface area contributed by atoms with Crippen molar-refractivity contribution in [2.24, 2.45) is 5.92 Å². The number of rotatable bonds is 2. The molecule has 0 aliphatic carbocycles. The summed E-state index contributed by atoms with van der Waals surface area (Å²) < 4.78 is 1.20. The monoisotopic (exact) mass is 271 g/mol. The number of nitrogens with zero attached hydrogens (tertiary/aromatic N) is 3. The summed E-state index contributed by atoms with van der Waals surface area (Å²) in [4.78, 5) is 7.09. The molecule has 19 heavy (non-hydrogen) atoms. The van der Waals surface area contributed by atoms with Gasteiger partial charge in [0, 0.05) is 6.42 Å². The van der Waals surface area contributed by atoms with E-state index in [1.54, 1.807) is 11.3 Å². The van der Waals surface area contributed by atoms with E-state index < -0.39 is 0 Å². The molecule has 1 aliphatic rings. The second-order valence-electron chi connectivity index (χ2n) is 5.35. The Kier molecular flexibility index (Phi) is 3.50. The molecule has 1 saturated heterocycles. The van der Waals surface area contributed by atoms with Gasteiger partial charge < -0.3 is 4.90 Å². The summed E-state index contributed by atoms with van der Waals surface area (Å²) >= 11 is 1.78. The van der Waals surface area contributed by atoms with Gasteiger partial charge in [-0.15, -0.1) is 11.3 Å². The van der Waals surface area contributed by atoms with Crippen LogP contribution in [-0.2, 0) is 6.42 Å². The van der Waals surface area contributed by atoms with E-state index >= 15 is 0 Å². The highest BCUT2D eigenvalue weighted by atomic mass is 32.1. The average Bonchev–Trinajstić information content (AvgIpc) is 2.82. The summed E-state index contributed by atoms with van der Waals surface area (Å²) in [6.07, 6.45) is 3.64. The summed E-state index contributed by atoms with van der Waals surface area (Å²) in [6, 6.07) is 7.96. The molecule has 1 aromatic carbocycles. The largest absolute Gasteiger partial charge is 0.306 e. The Hall–Kier alpha value is -1.44. The minimum Gasteiger partial charge on any atom is -0.306 e. The second kappa shape index (κ2) is 5.28. The molecule has 2 aromatic rings. The summed E-state index contributed by atoms with van der Waals surface area (Å²) in [5, 5.41) is 10.1. The zero-order valence-electron chi connectivity index (χ0n) is 11.1. The Bertz CT molecular complexity index is 618. The molecule has 0 atom stereocenters. The topological polar surface area (TPSA) is 39.9 Å². The van der Waals surface area contributed by atoms with E-state index in [1.165, 1.54) is 35.6 Å². The van der Waals surface area contributed by atoms with Gasteiger partial charge >= 0.3 is 0 Å². The number of hydrogen-bond acceptors (Lipinski definition) is 4. The molecule has 1 aromatic heterocycles. The van der Waals surface area contributed by atoms with E-state index in [1.807, 2.05) is 18.2 Å². The highest BCUT2D eigenvalue weighted by Crippen LogP contribution is 2.27. The van der Waals surface area contributed by atoms with Gasteiger partial charge in [0.2, 0.25) is 0 Å². The van der Waals surface area contributed by atoms with Crippen LogP contribution in [0.3, 0.4) is 0 Å². The third kappa shape index (κ3) is 2.78. The molecule has 98 valence electrons. The van der Waals surface area contributed by atoms with Crippen molar-refractivity contribution in [2.45, 2.75) is 19.3 Å². The van der Waals surface area contributed by atoms with E-state index in [9.17, 15) is 0 Å². The quantitative estimate of drug-likeness (QED) is 0.843. The number of piperidine rings is 1. The molecule has 0 unspecified atom stereocenters. The fourth-order valence-electron chi connectivity index (χ4n) is 2.65. The Morgan fingerprint density at radius 2 is 2.21 bits per heavy atom. The summed E-state index contributed by atoms with van der Waals surface area (Å²) in [7, 11) is 2.19. The van der Waals surface area contributed by atoms with E-state index in [0.717, 1.165) is 17.9 Å². The summed E-state index contributed by atoms with van der Waals surface area (Å²) in [5.74, 6) is 0.771. The fraction of sp³-hybridized carbons (Fsp3) is 0.467. The van der Waals surface area contributed by atoms with Crippen LogP contribution in [0.15, 0.2) is 18.2 Å². The van der Waals surface area contributed by atoms with Crippen molar-refractivity contribution in [3.05, 3.63) is 28.8 Å². The predicted molar refractivity (Wildman–Crippen MR) is 78.3 cm³/mol. The number of hydrogen-bond donors (Lipinski definition) is 0. The molecule has 0 bridgehead atoms. The lowest BCUT2D eigenvalue weighted by Gasteiger charge is -2.28. The van der Waals surface area contributed by atoms with Crippen molar-refractivity contribution in [1.82, 2.24) is 9.88 Å². The molecule has 0 radical (unpaired) electrons. The van der Waals surface area contributed by atoms with Crippen molar-refractivity contribution in [3.8, 4) is 6.07 Å². The van der Waals surface area contributed by atoms with E-state index in [-0.39, 0.29) is 0 Å². The van der Waals surface area contributed by atoms with E-state index in [0.29, 0.717) is 5.56 Å². The SMILES string of the molecule is CN1CCC(Cc2nc3cc(C#N)ccc3s2)CC1. The van der Waals surface area contributed by atoms with Gasteiger partial charge in [0.05, 0.1) is 26.9 Å². The number of benzene rings is 1. The van der Waals surface area contributed by atoms with Crippen molar-refractivity contribution in [1.29, 1.82) is 5.26 Å². The van der Waals surface area contributed by atoms with Crippen LogP contribution in [0.4, 0.5) is 0 Å². The smallest absolute Gasteiger partial charge is 0.0992 e. The predicted octanol–water partition coefficient (Wildman–Crippen LogP) is 3.05. The molecule has 0 saturated carbocycles. The van der Waals surface area contributed by atoms with Crippen LogP contribution >= 0.6 is 11.3 Å². The molecule has 1 fully saturated rings. The Morgan fingerprint density at radius 1 is 1.42 bits per heavy atom. The lowest BCUT2D eigenvalue weighted by atomic mass is 9.94. The standard InChI is InChI=1S/C15H17N3S/c1-18-6-4-11(5-7-18)9-15-17-13-8-12(10-16)2-3-14(13)19-15/h2-3,8,11H,4-7,9H2,1H3. The Morgan fingerprint density at radius 3 is 2.95 bits per heavy atom. The average molecular weight is 271 g/mol. The first-order chi connectivity index (χ1) is 9.24. The third-order valence-electron chi connectivity index (χ3n) is 3.86. The number of fused-ring (bicyclic) bond motifs is 1. The molecule has 3 nitrogen and oxygen atoms in total. The van der Waals surface area contributed by atoms with Crippen molar-refractivity contribution >= 4 is 21.6 Å². The lowest BCUT2D eigenvalue weighted by molar-refractivity contribution is 0.219. The third-order valence-corrected chi connectivity index (χ3v) is 4.92. The van der Waals surface area contributed by atoms with Gasteiger partial charge in [-0.25, -0.2) is 4.98 Å². The maximum absolute atomic E-state index is 8.91. The first kappa shape index (κ1) is 12.6. The van der Waals surface area contributed by atoms with Gasteiger partial charge in [-0.05, 0) is 57.1 Å². The number of aromatic nitrogens is 1. The van der Waals surface area contributed by atoms with Crippen LogP contribution in [0.5, 0.6) is 0 Å². The molecule has 0 amide bonds. The van der Waals surface area contributed by atoms with Gasteiger partial charge in [0.15, 0.2) is 0 Å². The summed E-state index contributed by atoms with van der Waals surface area (Å²) in [5.41, 5.74) is 1.68. The number of nitriles is 1. The minimum absolute atomic E-state index is 0.698. The first-order valence-electron chi connectivity index (χ1n) is 6.73. The van der Waals surface area contributed by atoms with Crippen LogP contribution in [-0.4, -0.2) is 30.0 Å². The van der Waals surface area contributed by atoms with Gasteiger partial charge in [-0.1, -0.05) is 0 Å². The molecule has 1 aliphatic heterocycles. The van der Waals surface area contributed by atoms with Crippen LogP contribution in [0.2, 0.25) is 0 Å². The normalized spacial score (nSPS) is 17.7. The first-order valence-corrected chi connectivity index (χ1v) is 7.54. The zero-order valence-corrected chi connectivity index (χ0v) is 11.9. The molecule has 0 N–H and O–H groups in total. The Labute approximate surface area is 117 Å². The van der Waals surface area contributed by atoms with E-state index in [2.05, 4.69) is 23.0 Å². The van der Waals surface area contributed by atoms with Crippen LogP contribution in [0.1, 0.15) is 23.4 Å². The van der Waals surface area contributed by atoms with Crippen molar-refractivity contribution in [2.75, 3.05) is 20.1 Å². The van der Waals surface area contributed by atoms with Crippen molar-refractivity contribution in [3.63, 3.8) is 0 Å². The van der Waals surface area contributed by atoms with Gasteiger partial charge in [0.25, 0.3) is 0 Å². The molecule has 4 heteroatoms. The molecular weight excluding hydrogens is 254 g/mol. The second-order valence-corrected chi connectivity index (χ2v) is 6.47. The molecule has 2 heterocycles. The highest BCUT2D eigenvalue weighted by molar-refractivity contribution is 7.18. The van der Waals surface area contributed by atoms with Gasteiger partial charge in [-0.2, -0.15) is 5.26 Å². The zero-order chi connectivity index (χ0) is 13.2. The van der Waals surface area contributed by atoms with E-state index in [4.69, 9.17) is 5.26 Å². The van der Waals surface area contributed by atoms with Crippen LogP contribution in [0.25, 0.3) is 10.2 Å². The lowest BCUT2D eigenvalue weighted by Crippen LogP contribution is -2.30. The number of likely N-dealkylation sites (tertiary alicyclic amines) is 1. The number of thiazole rings is 1. The summed E-state index contributed by atoms with van der Waals surface area (Å²) in [6.45, 7) is 2.41. The van der Waals surface area contributed by atoms with Crippen LogP contribution < -0.4 is 0 Å². The van der Waals surface area contributed by atoms with Gasteiger partial charge in [-0.3, -0.25) is 0 Å². The highest BCUT2D eigenvalue weighted by Gasteiger charge is 2.18. The molecule has 0 spiro atoms. The fourth-order valence-corrected chi connectivity index (χ4v) is 3.71. The van der Waals surface area contributed by atoms with Crippen molar-refractivity contribution < 1.29 is 0 Å². The van der Waals surface area contributed by atoms with Crippen LogP contribution in [0, 0.1) is 17.2 Å². The maximum Gasteiger partial charge on any atom is 0.0992 e. The maximum atomic E-state index is 8.91. The molecule has 3 rings (SSSR count).